The molecule has 2 N–H and O–H groups in total. The van der Waals surface area contributed by atoms with Gasteiger partial charge in [-0.2, -0.15) is 0 Å². The van der Waals surface area contributed by atoms with Gasteiger partial charge in [0.2, 0.25) is 6.10 Å². The van der Waals surface area contributed by atoms with E-state index >= 15 is 0 Å². The lowest BCUT2D eigenvalue weighted by molar-refractivity contribution is -0.128. The van der Waals surface area contributed by atoms with Crippen LogP contribution in [0, 0.1) is 12.7 Å². The molecular formula is C24H23FN2O3. The van der Waals surface area contributed by atoms with E-state index in [1.165, 1.54) is 6.07 Å². The van der Waals surface area contributed by atoms with Crippen LogP contribution >= 0.6 is 0 Å². The number of halogens is 1. The van der Waals surface area contributed by atoms with Crippen LogP contribution in [-0.4, -0.2) is 24.9 Å². The summed E-state index contributed by atoms with van der Waals surface area (Å²) in [6, 6.07) is 22.6. The first-order valence-corrected chi connectivity index (χ1v) is 9.63. The van der Waals surface area contributed by atoms with Gasteiger partial charge in [-0.1, -0.05) is 54.6 Å². The van der Waals surface area contributed by atoms with E-state index in [0.29, 0.717) is 11.3 Å². The van der Waals surface area contributed by atoms with Crippen molar-refractivity contribution >= 4 is 11.8 Å². The molecule has 0 heterocycles. The molecule has 0 radical (unpaired) electrons. The van der Waals surface area contributed by atoms with Crippen molar-refractivity contribution in [1.82, 2.24) is 10.6 Å². The molecule has 0 spiro atoms. The Kier molecular flexibility index (Phi) is 7.16. The fourth-order valence-electron chi connectivity index (χ4n) is 2.83. The molecule has 0 bridgehead atoms. The monoisotopic (exact) mass is 406 g/mol. The molecule has 1 unspecified atom stereocenters. The van der Waals surface area contributed by atoms with Gasteiger partial charge in [0.05, 0.1) is 0 Å². The topological polar surface area (TPSA) is 67.4 Å². The summed E-state index contributed by atoms with van der Waals surface area (Å²) in [5, 5.41) is 5.44. The van der Waals surface area contributed by atoms with E-state index in [-0.39, 0.29) is 24.6 Å². The molecule has 2 amide bonds. The normalized spacial score (nSPS) is 11.4. The number of rotatable bonds is 8. The highest BCUT2D eigenvalue weighted by Gasteiger charge is 2.22. The molecular weight excluding hydrogens is 383 g/mol. The Bertz CT molecular complexity index is 994. The Hall–Kier alpha value is -3.67. The lowest BCUT2D eigenvalue weighted by Crippen LogP contribution is -2.38. The molecule has 6 heteroatoms. The highest BCUT2D eigenvalue weighted by molar-refractivity contribution is 5.94. The molecule has 30 heavy (non-hydrogen) atoms. The summed E-state index contributed by atoms with van der Waals surface area (Å²) in [6.45, 7) is 2.04. The summed E-state index contributed by atoms with van der Waals surface area (Å²) in [6.07, 6.45) is -0.824. The average Bonchev–Trinajstić information content (AvgIpc) is 2.78. The van der Waals surface area contributed by atoms with Crippen molar-refractivity contribution in [3.63, 3.8) is 0 Å². The van der Waals surface area contributed by atoms with Crippen molar-refractivity contribution < 1.29 is 18.7 Å². The quantitative estimate of drug-likeness (QED) is 0.559. The van der Waals surface area contributed by atoms with Gasteiger partial charge >= 0.3 is 0 Å². The van der Waals surface area contributed by atoms with Gasteiger partial charge in [0.15, 0.2) is 0 Å². The zero-order valence-electron chi connectivity index (χ0n) is 16.6. The largest absolute Gasteiger partial charge is 0.476 e. The Morgan fingerprint density at radius 1 is 0.900 bits per heavy atom. The number of carbonyl (C=O) groups excluding carboxylic acids is 2. The molecule has 0 fully saturated rings. The third kappa shape index (κ3) is 5.67. The van der Waals surface area contributed by atoms with Crippen LogP contribution in [0.5, 0.6) is 5.75 Å². The molecule has 3 aromatic rings. The molecule has 0 aliphatic carbocycles. The van der Waals surface area contributed by atoms with Crippen LogP contribution < -0.4 is 15.4 Å². The summed E-state index contributed by atoms with van der Waals surface area (Å²) < 4.78 is 19.5. The van der Waals surface area contributed by atoms with E-state index in [4.69, 9.17) is 4.74 Å². The first-order chi connectivity index (χ1) is 14.5. The van der Waals surface area contributed by atoms with Gasteiger partial charge in [0.25, 0.3) is 11.8 Å². The lowest BCUT2D eigenvalue weighted by atomic mass is 10.1. The molecule has 0 saturated carbocycles. The second kappa shape index (κ2) is 10.2. The smallest absolute Gasteiger partial charge is 0.265 e. The third-order valence-corrected chi connectivity index (χ3v) is 4.48. The zero-order valence-corrected chi connectivity index (χ0v) is 16.6. The molecule has 5 nitrogen and oxygen atoms in total. The van der Waals surface area contributed by atoms with E-state index in [1.54, 1.807) is 31.2 Å². The highest BCUT2D eigenvalue weighted by Crippen LogP contribution is 2.22. The summed E-state index contributed by atoms with van der Waals surface area (Å²) >= 11 is 0. The van der Waals surface area contributed by atoms with Crippen LogP contribution in [0.3, 0.4) is 0 Å². The second-order valence-corrected chi connectivity index (χ2v) is 6.73. The summed E-state index contributed by atoms with van der Waals surface area (Å²) in [5.41, 5.74) is 1.43. The van der Waals surface area contributed by atoms with Crippen molar-refractivity contribution in [1.29, 1.82) is 0 Å². The number of nitrogens with one attached hydrogen (secondary N) is 2. The SMILES string of the molecule is Cc1ccc(C(=O)NCCNC(=O)C(Oc2ccccc2)c2ccccc2)cc1F. The van der Waals surface area contributed by atoms with Gasteiger partial charge in [-0.3, -0.25) is 9.59 Å². The third-order valence-electron chi connectivity index (χ3n) is 4.48. The van der Waals surface area contributed by atoms with Crippen LogP contribution in [0.1, 0.15) is 27.6 Å². The Balaban J connectivity index is 1.56. The maximum atomic E-state index is 13.6. The fourth-order valence-corrected chi connectivity index (χ4v) is 2.83. The summed E-state index contributed by atoms with van der Waals surface area (Å²) in [4.78, 5) is 24.9. The van der Waals surface area contributed by atoms with E-state index in [9.17, 15) is 14.0 Å². The average molecular weight is 406 g/mol. The molecule has 0 saturated heterocycles. The predicted octanol–water partition coefficient (Wildman–Crippen LogP) is 3.80. The molecule has 3 rings (SSSR count). The minimum Gasteiger partial charge on any atom is -0.476 e. The van der Waals surface area contributed by atoms with Gasteiger partial charge in [-0.15, -0.1) is 0 Å². The van der Waals surface area contributed by atoms with E-state index in [0.717, 1.165) is 5.56 Å². The Morgan fingerprint density at radius 3 is 2.20 bits per heavy atom. The Morgan fingerprint density at radius 2 is 1.53 bits per heavy atom. The van der Waals surface area contributed by atoms with Crippen LogP contribution in [0.15, 0.2) is 78.9 Å². The number of amides is 2. The fraction of sp³-hybridized carbons (Fsp3) is 0.167. The minimum absolute atomic E-state index is 0.201. The maximum absolute atomic E-state index is 13.6. The van der Waals surface area contributed by atoms with E-state index in [2.05, 4.69) is 10.6 Å². The highest BCUT2D eigenvalue weighted by atomic mass is 19.1. The lowest BCUT2D eigenvalue weighted by Gasteiger charge is -2.19. The van der Waals surface area contributed by atoms with Crippen LogP contribution in [0.4, 0.5) is 4.39 Å². The first-order valence-electron chi connectivity index (χ1n) is 9.63. The van der Waals surface area contributed by atoms with E-state index in [1.807, 2.05) is 48.5 Å². The Labute approximate surface area is 174 Å². The summed E-state index contributed by atoms with van der Waals surface area (Å²) in [5.74, 6) is -0.570. The van der Waals surface area contributed by atoms with Crippen molar-refractivity contribution in [3.05, 3.63) is 101 Å². The van der Waals surface area contributed by atoms with Gasteiger partial charge in [-0.25, -0.2) is 4.39 Å². The molecule has 0 aliphatic rings. The number of hydrogen-bond acceptors (Lipinski definition) is 3. The number of para-hydroxylation sites is 1. The number of benzene rings is 3. The first kappa shape index (κ1) is 21.0. The van der Waals surface area contributed by atoms with Crippen LogP contribution in [-0.2, 0) is 4.79 Å². The second-order valence-electron chi connectivity index (χ2n) is 6.73. The van der Waals surface area contributed by atoms with Crippen LogP contribution in [0.2, 0.25) is 0 Å². The van der Waals surface area contributed by atoms with Gasteiger partial charge < -0.3 is 15.4 Å². The van der Waals surface area contributed by atoms with Crippen molar-refractivity contribution in [3.8, 4) is 5.75 Å². The van der Waals surface area contributed by atoms with Crippen molar-refractivity contribution in [2.45, 2.75) is 13.0 Å². The predicted molar refractivity (Wildman–Crippen MR) is 113 cm³/mol. The van der Waals surface area contributed by atoms with Crippen molar-refractivity contribution in [2.24, 2.45) is 0 Å². The van der Waals surface area contributed by atoms with E-state index < -0.39 is 17.8 Å². The summed E-state index contributed by atoms with van der Waals surface area (Å²) in [7, 11) is 0. The molecule has 3 aromatic carbocycles. The minimum atomic E-state index is -0.824. The van der Waals surface area contributed by atoms with Gasteiger partial charge in [0.1, 0.15) is 11.6 Å². The maximum Gasteiger partial charge on any atom is 0.265 e. The molecule has 0 aliphatic heterocycles. The number of carbonyl (C=O) groups is 2. The van der Waals surface area contributed by atoms with Gasteiger partial charge in [0, 0.05) is 24.2 Å². The molecule has 1 atom stereocenters. The number of aryl methyl sites for hydroxylation is 1. The molecule has 154 valence electrons. The standard InChI is InChI=1S/C24H23FN2O3/c1-17-12-13-19(16-21(17)25)23(28)26-14-15-27-24(29)22(18-8-4-2-5-9-18)30-20-10-6-3-7-11-20/h2-13,16,22H,14-15H2,1H3,(H,26,28)(H,27,29). The number of ether oxygens (including phenoxy) is 1. The van der Waals surface area contributed by atoms with Crippen molar-refractivity contribution in [2.75, 3.05) is 13.1 Å². The zero-order chi connectivity index (χ0) is 21.3. The van der Waals surface area contributed by atoms with Crippen LogP contribution in [0.25, 0.3) is 0 Å². The van der Waals surface area contributed by atoms with Gasteiger partial charge in [-0.05, 0) is 36.8 Å². The number of hydrogen-bond donors (Lipinski definition) is 2. The molecule has 0 aromatic heterocycles.